The van der Waals surface area contributed by atoms with Gasteiger partial charge < -0.3 is 13.7 Å². The van der Waals surface area contributed by atoms with E-state index in [0.717, 1.165) is 33.7 Å². The summed E-state index contributed by atoms with van der Waals surface area (Å²) in [6.45, 7) is 0. The van der Waals surface area contributed by atoms with Crippen LogP contribution in [0.2, 0.25) is 0 Å². The fourth-order valence-electron chi connectivity index (χ4n) is 13.7. The lowest BCUT2D eigenvalue weighted by Crippen LogP contribution is -2.74. The molecular weight excluding hydrogens is 1010 g/mol. The fraction of sp³-hybridized carbons (Fsp3) is 0. The first-order chi connectivity index (χ1) is 40.7. The quantitative estimate of drug-likeness (QED) is 0.0958. The van der Waals surface area contributed by atoms with Gasteiger partial charge in [-0.15, -0.1) is 0 Å². The van der Waals surface area contributed by atoms with Crippen LogP contribution in [-0.2, 0) is 0 Å². The van der Waals surface area contributed by atoms with Crippen molar-refractivity contribution in [1.82, 2.24) is 13.7 Å². The van der Waals surface area contributed by atoms with Crippen molar-refractivity contribution in [1.29, 1.82) is 0 Å². The average molecular weight is 1060 g/mol. The maximum absolute atomic E-state index is 3.00. The van der Waals surface area contributed by atoms with E-state index in [9.17, 15) is 0 Å². The first-order valence-electron chi connectivity index (χ1n) is 28.3. The van der Waals surface area contributed by atoms with Gasteiger partial charge in [0.2, 0.25) is 0 Å². The van der Waals surface area contributed by atoms with Gasteiger partial charge in [-0.3, -0.25) is 0 Å². The van der Waals surface area contributed by atoms with Gasteiger partial charge in [-0.2, -0.15) is 0 Å². The molecule has 4 heteroatoms. The Balaban J connectivity index is 0.931. The zero-order valence-electron chi connectivity index (χ0n) is 44.9. The third kappa shape index (κ3) is 7.35. The number of fused-ring (bicyclic) bond motifs is 9. The molecule has 3 nitrogen and oxygen atoms in total. The van der Waals surface area contributed by atoms with E-state index in [1.165, 1.54) is 103 Å². The van der Waals surface area contributed by atoms with Gasteiger partial charge in [0.1, 0.15) is 0 Å². The summed E-state index contributed by atoms with van der Waals surface area (Å²) in [6.07, 6.45) is 0. The Labute approximate surface area is 477 Å². The molecule has 0 radical (unpaired) electrons. The van der Waals surface area contributed by atoms with Crippen LogP contribution < -0.4 is 20.7 Å². The van der Waals surface area contributed by atoms with Crippen molar-refractivity contribution in [2.75, 3.05) is 0 Å². The summed E-state index contributed by atoms with van der Waals surface area (Å²) in [4.78, 5) is 0. The van der Waals surface area contributed by atoms with Crippen LogP contribution in [0.4, 0.5) is 0 Å². The molecule has 0 saturated carbocycles. The lowest BCUT2D eigenvalue weighted by atomic mass is 9.95. The van der Waals surface area contributed by atoms with Crippen molar-refractivity contribution in [2.45, 2.75) is 0 Å². The summed E-state index contributed by atoms with van der Waals surface area (Å²) in [7, 11) is -3.00. The Kier molecular flexibility index (Phi) is 11.2. The minimum absolute atomic E-state index is 1.14. The molecule has 82 heavy (non-hydrogen) atoms. The average Bonchev–Trinajstić information content (AvgIpc) is 4.25. The van der Waals surface area contributed by atoms with Crippen LogP contribution in [0.3, 0.4) is 0 Å². The molecule has 0 bridgehead atoms. The summed E-state index contributed by atoms with van der Waals surface area (Å²) < 4.78 is 7.46. The van der Waals surface area contributed by atoms with Gasteiger partial charge in [-0.05, 0) is 98.1 Å². The zero-order valence-corrected chi connectivity index (χ0v) is 45.9. The molecule has 16 rings (SSSR count). The molecule has 0 saturated heterocycles. The molecule has 384 valence electrons. The Hall–Kier alpha value is -10.5. The maximum atomic E-state index is 2.56. The van der Waals surface area contributed by atoms with E-state index in [1.54, 1.807) is 0 Å². The van der Waals surface area contributed by atoms with E-state index < -0.39 is 8.07 Å². The van der Waals surface area contributed by atoms with Crippen molar-refractivity contribution < 1.29 is 0 Å². The Bertz CT molecular complexity index is 4870. The highest BCUT2D eigenvalue weighted by atomic mass is 28.3. The second-order valence-corrected chi connectivity index (χ2v) is 25.3. The Morgan fingerprint density at radius 1 is 0.207 bits per heavy atom. The topological polar surface area (TPSA) is 14.8 Å². The summed E-state index contributed by atoms with van der Waals surface area (Å²) in [6, 6.07) is 120. The lowest BCUT2D eigenvalue weighted by Gasteiger charge is -2.36. The van der Waals surface area contributed by atoms with Gasteiger partial charge in [0.15, 0.2) is 8.07 Å². The number of nitrogens with zero attached hydrogens (tertiary/aromatic N) is 3. The third-order valence-corrected chi connectivity index (χ3v) is 21.9. The van der Waals surface area contributed by atoms with E-state index in [-0.39, 0.29) is 0 Å². The summed E-state index contributed by atoms with van der Waals surface area (Å²) in [5.74, 6) is 0. The standard InChI is InChI=1S/C78H53N3Si/c1-6-26-54(27-7-1)67-52-61(82(58-30-10-3-11-31-58,59-32-12-4-13-33-59)60-34-14-5-15-35-60)53-68(55-28-8-2-9-29-55)78(67)81-75-45-25-20-39-65(75)69-50-56(46-48-77(69)81)62-36-16-21-41-71(62)80-74-44-24-19-40-66(74)70-51-57(47-49-76(70)80)79-72-42-22-17-37-63(72)64-38-18-23-43-73(64)79/h1-53H. The van der Waals surface area contributed by atoms with E-state index >= 15 is 0 Å². The molecule has 13 aromatic carbocycles. The molecule has 0 aliphatic rings. The first kappa shape index (κ1) is 47.5. The maximum Gasteiger partial charge on any atom is 0.179 e. The van der Waals surface area contributed by atoms with E-state index in [4.69, 9.17) is 0 Å². The third-order valence-electron chi connectivity index (χ3n) is 17.2. The predicted molar refractivity (Wildman–Crippen MR) is 349 cm³/mol. The molecule has 0 amide bonds. The number of aromatic nitrogens is 3. The smallest absolute Gasteiger partial charge is 0.179 e. The fourth-order valence-corrected chi connectivity index (χ4v) is 18.5. The lowest BCUT2D eigenvalue weighted by molar-refractivity contribution is 1.17. The van der Waals surface area contributed by atoms with Crippen molar-refractivity contribution in [3.8, 4) is 50.4 Å². The molecule has 3 aromatic heterocycles. The largest absolute Gasteiger partial charge is 0.309 e. The molecule has 0 unspecified atom stereocenters. The number of benzene rings is 13. The number of rotatable bonds is 10. The zero-order chi connectivity index (χ0) is 54.1. The summed E-state index contributed by atoms with van der Waals surface area (Å²) in [5, 5.41) is 12.7. The van der Waals surface area contributed by atoms with Gasteiger partial charge in [0, 0.05) is 54.7 Å². The highest BCUT2D eigenvalue weighted by Gasteiger charge is 2.42. The highest BCUT2D eigenvalue weighted by Crippen LogP contribution is 2.44. The molecule has 0 aliphatic carbocycles. The van der Waals surface area contributed by atoms with Crippen molar-refractivity contribution in [2.24, 2.45) is 0 Å². The second-order valence-electron chi connectivity index (χ2n) is 21.5. The van der Waals surface area contributed by atoms with Crippen molar-refractivity contribution in [3.05, 3.63) is 322 Å². The van der Waals surface area contributed by atoms with Gasteiger partial charge in [-0.1, -0.05) is 261 Å². The summed E-state index contributed by atoms with van der Waals surface area (Å²) in [5.41, 5.74) is 17.5. The van der Waals surface area contributed by atoms with Crippen LogP contribution >= 0.6 is 0 Å². The molecule has 0 N–H and O–H groups in total. The molecular formula is C78H53N3Si. The molecule has 3 heterocycles. The molecule has 0 atom stereocenters. The van der Waals surface area contributed by atoms with Crippen molar-refractivity contribution >= 4 is 94.2 Å². The van der Waals surface area contributed by atoms with Crippen LogP contribution in [0.1, 0.15) is 0 Å². The monoisotopic (exact) mass is 1060 g/mol. The van der Waals surface area contributed by atoms with Gasteiger partial charge in [-0.25, -0.2) is 0 Å². The molecule has 16 aromatic rings. The van der Waals surface area contributed by atoms with Gasteiger partial charge in [0.05, 0.1) is 44.5 Å². The van der Waals surface area contributed by atoms with Gasteiger partial charge in [0.25, 0.3) is 0 Å². The van der Waals surface area contributed by atoms with Crippen LogP contribution in [0.5, 0.6) is 0 Å². The minimum Gasteiger partial charge on any atom is -0.309 e. The molecule has 0 spiro atoms. The number of hydrogen-bond donors (Lipinski definition) is 0. The molecule has 0 aliphatic heterocycles. The van der Waals surface area contributed by atoms with E-state index in [1.807, 2.05) is 0 Å². The number of hydrogen-bond acceptors (Lipinski definition) is 0. The minimum atomic E-state index is -3.00. The van der Waals surface area contributed by atoms with Crippen LogP contribution in [0, 0.1) is 0 Å². The van der Waals surface area contributed by atoms with Crippen LogP contribution in [0.15, 0.2) is 322 Å². The van der Waals surface area contributed by atoms with Gasteiger partial charge >= 0.3 is 0 Å². The highest BCUT2D eigenvalue weighted by molar-refractivity contribution is 7.20. The predicted octanol–water partition coefficient (Wildman–Crippen LogP) is 17.4. The van der Waals surface area contributed by atoms with Crippen LogP contribution in [-0.4, -0.2) is 21.8 Å². The SMILES string of the molecule is c1ccc(-c2cc([Si](c3ccccc3)(c3ccccc3)c3ccccc3)cc(-c3ccccc3)c2-n2c3ccccc3c3cc(-c4ccccc4-n4c5ccccc5c5cc(-n6c7ccccc7c7ccccc76)ccc54)ccc32)cc1. The number of para-hydroxylation sites is 5. The summed E-state index contributed by atoms with van der Waals surface area (Å²) >= 11 is 0. The Morgan fingerprint density at radius 3 is 1.09 bits per heavy atom. The van der Waals surface area contributed by atoms with E-state index in [2.05, 4.69) is 335 Å². The second kappa shape index (κ2) is 19.4. The van der Waals surface area contributed by atoms with E-state index in [0.29, 0.717) is 0 Å². The van der Waals surface area contributed by atoms with Crippen molar-refractivity contribution in [3.63, 3.8) is 0 Å². The normalized spacial score (nSPS) is 11.9. The van der Waals surface area contributed by atoms with Crippen LogP contribution in [0.25, 0.3) is 116 Å². The molecule has 0 fully saturated rings. The Morgan fingerprint density at radius 2 is 0.573 bits per heavy atom. The first-order valence-corrected chi connectivity index (χ1v) is 30.3.